The van der Waals surface area contributed by atoms with Gasteiger partial charge in [0.25, 0.3) is 0 Å². The van der Waals surface area contributed by atoms with Gasteiger partial charge < -0.3 is 5.11 Å². The van der Waals surface area contributed by atoms with Crippen LogP contribution in [0, 0.1) is 0 Å². The van der Waals surface area contributed by atoms with Crippen LogP contribution in [0.15, 0.2) is 29.0 Å². The van der Waals surface area contributed by atoms with Gasteiger partial charge >= 0.3 is 0 Å². The quantitative estimate of drug-likeness (QED) is 0.904. The van der Waals surface area contributed by atoms with Crippen molar-refractivity contribution >= 4 is 27.5 Å². The molecule has 0 aliphatic carbocycles. The van der Waals surface area contributed by atoms with E-state index in [0.717, 1.165) is 23.3 Å². The molecule has 0 spiro atoms. The number of aromatic nitrogens is 3. The van der Waals surface area contributed by atoms with Crippen LogP contribution in [0.2, 0.25) is 5.02 Å². The maximum absolute atomic E-state index is 10.3. The zero-order valence-corrected chi connectivity index (χ0v) is 12.9. The molecule has 0 radical (unpaired) electrons. The van der Waals surface area contributed by atoms with Crippen molar-refractivity contribution in [1.29, 1.82) is 0 Å². The molecule has 2 aromatic rings. The molecule has 1 heterocycles. The van der Waals surface area contributed by atoms with E-state index in [4.69, 9.17) is 11.6 Å². The number of halogens is 2. The van der Waals surface area contributed by atoms with E-state index in [-0.39, 0.29) is 0 Å². The predicted molar refractivity (Wildman–Crippen MR) is 78.1 cm³/mol. The molecule has 2 rings (SSSR count). The van der Waals surface area contributed by atoms with Crippen molar-refractivity contribution in [1.82, 2.24) is 14.8 Å². The molecule has 0 aliphatic rings. The maximum Gasteiger partial charge on any atom is 0.138 e. The molecule has 1 aromatic heterocycles. The molecule has 1 unspecified atom stereocenters. The lowest BCUT2D eigenvalue weighted by molar-refractivity contribution is 0.174. The number of hydrogen-bond donors (Lipinski definition) is 1. The summed E-state index contributed by atoms with van der Waals surface area (Å²) in [6.07, 6.45) is 2.20. The van der Waals surface area contributed by atoms with E-state index in [2.05, 4.69) is 32.9 Å². The van der Waals surface area contributed by atoms with Crippen LogP contribution in [-0.4, -0.2) is 19.9 Å². The Hall–Kier alpha value is -0.910. The van der Waals surface area contributed by atoms with Crippen LogP contribution >= 0.6 is 27.5 Å². The first-order chi connectivity index (χ1) is 9.11. The van der Waals surface area contributed by atoms with Crippen LogP contribution in [0.5, 0.6) is 0 Å². The lowest BCUT2D eigenvalue weighted by Crippen LogP contribution is -2.10. The van der Waals surface area contributed by atoms with Gasteiger partial charge in [0.1, 0.15) is 12.2 Å². The molecule has 6 heteroatoms. The molecule has 1 atom stereocenters. The van der Waals surface area contributed by atoms with Crippen LogP contribution in [0.4, 0.5) is 0 Å². The Morgan fingerprint density at radius 3 is 3.00 bits per heavy atom. The highest BCUT2D eigenvalue weighted by atomic mass is 79.9. The van der Waals surface area contributed by atoms with E-state index >= 15 is 0 Å². The fraction of sp³-hybridized carbons (Fsp3) is 0.385. The Kier molecular flexibility index (Phi) is 4.96. The van der Waals surface area contributed by atoms with Gasteiger partial charge in [-0.1, -0.05) is 34.5 Å². The fourth-order valence-electron chi connectivity index (χ4n) is 1.90. The van der Waals surface area contributed by atoms with Gasteiger partial charge in [0.2, 0.25) is 0 Å². The minimum Gasteiger partial charge on any atom is -0.388 e. The molecule has 1 aromatic carbocycles. The molecule has 0 saturated carbocycles. The molecule has 0 saturated heterocycles. The zero-order chi connectivity index (χ0) is 13.8. The molecule has 19 heavy (non-hydrogen) atoms. The number of aliphatic hydroxyl groups excluding tert-OH is 1. The van der Waals surface area contributed by atoms with Gasteiger partial charge in [0.15, 0.2) is 0 Å². The average molecular weight is 345 g/mol. The summed E-state index contributed by atoms with van der Waals surface area (Å²) in [7, 11) is 0. The lowest BCUT2D eigenvalue weighted by atomic mass is 10.1. The van der Waals surface area contributed by atoms with Gasteiger partial charge in [0.05, 0.1) is 6.10 Å². The topological polar surface area (TPSA) is 50.9 Å². The maximum atomic E-state index is 10.3. The first-order valence-corrected chi connectivity index (χ1v) is 7.28. The average Bonchev–Trinajstić information content (AvgIpc) is 2.80. The second kappa shape index (κ2) is 6.50. The molecule has 0 bridgehead atoms. The number of rotatable bonds is 5. The summed E-state index contributed by atoms with van der Waals surface area (Å²) in [4.78, 5) is 4.19. The summed E-state index contributed by atoms with van der Waals surface area (Å²) < 4.78 is 2.70. The Morgan fingerprint density at radius 2 is 2.26 bits per heavy atom. The van der Waals surface area contributed by atoms with Gasteiger partial charge in [-0.15, -0.1) is 0 Å². The minimum atomic E-state index is -0.690. The van der Waals surface area contributed by atoms with E-state index < -0.39 is 6.10 Å². The second-order valence-corrected chi connectivity index (χ2v) is 5.61. The lowest BCUT2D eigenvalue weighted by Gasteiger charge is -2.13. The number of aryl methyl sites for hydroxylation is 1. The van der Waals surface area contributed by atoms with Crippen molar-refractivity contribution in [3.05, 3.63) is 45.4 Å². The van der Waals surface area contributed by atoms with Gasteiger partial charge in [0, 0.05) is 28.0 Å². The highest BCUT2D eigenvalue weighted by molar-refractivity contribution is 9.10. The summed E-state index contributed by atoms with van der Waals surface area (Å²) in [6.45, 7) is 2.88. The molecule has 102 valence electrons. The van der Waals surface area contributed by atoms with Crippen LogP contribution in [0.25, 0.3) is 0 Å². The Bertz CT molecular complexity index is 559. The van der Waals surface area contributed by atoms with Crippen molar-refractivity contribution in [2.24, 2.45) is 0 Å². The Labute approximate surface area is 125 Å². The van der Waals surface area contributed by atoms with Gasteiger partial charge in [-0.3, -0.25) is 4.68 Å². The van der Waals surface area contributed by atoms with E-state index in [0.29, 0.717) is 17.0 Å². The third kappa shape index (κ3) is 3.55. The number of hydrogen-bond acceptors (Lipinski definition) is 3. The highest BCUT2D eigenvalue weighted by Gasteiger charge is 2.16. The first-order valence-electron chi connectivity index (χ1n) is 6.11. The van der Waals surface area contributed by atoms with Crippen molar-refractivity contribution < 1.29 is 5.11 Å². The van der Waals surface area contributed by atoms with Crippen molar-refractivity contribution in [3.63, 3.8) is 0 Å². The van der Waals surface area contributed by atoms with Crippen molar-refractivity contribution in [2.45, 2.75) is 32.4 Å². The third-order valence-electron chi connectivity index (χ3n) is 2.82. The molecule has 1 N–H and O–H groups in total. The van der Waals surface area contributed by atoms with E-state index in [1.165, 1.54) is 6.33 Å². The van der Waals surface area contributed by atoms with E-state index in [9.17, 15) is 5.11 Å². The monoisotopic (exact) mass is 343 g/mol. The highest BCUT2D eigenvalue weighted by Crippen LogP contribution is 2.28. The molecule has 0 amide bonds. The van der Waals surface area contributed by atoms with E-state index in [1.54, 1.807) is 6.07 Å². The summed E-state index contributed by atoms with van der Waals surface area (Å²) in [5.41, 5.74) is 0.696. The fourth-order valence-corrected chi connectivity index (χ4v) is 2.52. The Balaban J connectivity index is 2.18. The third-order valence-corrected chi connectivity index (χ3v) is 3.66. The molecule has 0 aliphatic heterocycles. The van der Waals surface area contributed by atoms with Crippen molar-refractivity contribution in [2.75, 3.05) is 0 Å². The van der Waals surface area contributed by atoms with E-state index in [1.807, 2.05) is 16.8 Å². The molecular weight excluding hydrogens is 330 g/mol. The second-order valence-electron chi connectivity index (χ2n) is 4.29. The van der Waals surface area contributed by atoms with Gasteiger partial charge in [-0.05, 0) is 24.6 Å². The van der Waals surface area contributed by atoms with Crippen molar-refractivity contribution in [3.8, 4) is 0 Å². The standard InChI is InChI=1S/C13H15BrClN3O/c1-2-5-18-13(16-8-17-18)7-12(19)10-6-9(14)3-4-11(10)15/h3-4,6,8,12,19H,2,5,7H2,1H3. The van der Waals surface area contributed by atoms with Crippen LogP contribution in [0.3, 0.4) is 0 Å². The Morgan fingerprint density at radius 1 is 1.47 bits per heavy atom. The smallest absolute Gasteiger partial charge is 0.138 e. The number of aliphatic hydroxyl groups is 1. The number of benzene rings is 1. The summed E-state index contributed by atoms with van der Waals surface area (Å²) in [6, 6.07) is 5.44. The number of nitrogens with zero attached hydrogens (tertiary/aromatic N) is 3. The summed E-state index contributed by atoms with van der Waals surface area (Å²) in [5.74, 6) is 0.769. The largest absolute Gasteiger partial charge is 0.388 e. The zero-order valence-electron chi connectivity index (χ0n) is 10.6. The first kappa shape index (κ1) is 14.5. The molecular formula is C13H15BrClN3O. The molecule has 4 nitrogen and oxygen atoms in total. The van der Waals surface area contributed by atoms with Gasteiger partial charge in [-0.2, -0.15) is 5.10 Å². The summed E-state index contributed by atoms with van der Waals surface area (Å²) in [5, 5.41) is 15.0. The van der Waals surface area contributed by atoms with Crippen LogP contribution in [-0.2, 0) is 13.0 Å². The SMILES string of the molecule is CCCn1ncnc1CC(O)c1cc(Br)ccc1Cl. The van der Waals surface area contributed by atoms with Crippen LogP contribution in [0.1, 0.15) is 30.8 Å². The molecule has 0 fully saturated rings. The predicted octanol–water partition coefficient (Wildman–Crippen LogP) is 3.38. The van der Waals surface area contributed by atoms with Gasteiger partial charge in [-0.25, -0.2) is 4.98 Å². The summed E-state index contributed by atoms with van der Waals surface area (Å²) >= 11 is 9.49. The minimum absolute atomic E-state index is 0.399. The normalized spacial score (nSPS) is 12.6. The van der Waals surface area contributed by atoms with Crippen LogP contribution < -0.4 is 0 Å².